The van der Waals surface area contributed by atoms with Crippen molar-refractivity contribution in [3.8, 4) is 0 Å². The molecule has 18 heavy (non-hydrogen) atoms. The fraction of sp³-hybridized carbons (Fsp3) is 0.429. The molecule has 0 aromatic heterocycles. The normalized spacial score (nSPS) is 8.56. The second-order valence-electron chi connectivity index (χ2n) is 3.20. The van der Waals surface area contributed by atoms with Crippen molar-refractivity contribution in [1.82, 2.24) is 0 Å². The van der Waals surface area contributed by atoms with Crippen LogP contribution >= 0.6 is 0 Å². The molecule has 102 valence electrons. The van der Waals surface area contributed by atoms with E-state index < -0.39 is 5.97 Å². The van der Waals surface area contributed by atoms with Crippen LogP contribution in [-0.2, 0) is 9.47 Å². The molecular formula is C14H22O4. The Morgan fingerprint density at radius 3 is 1.83 bits per heavy atom. The Morgan fingerprint density at radius 2 is 1.44 bits per heavy atom. The highest BCUT2D eigenvalue weighted by Crippen LogP contribution is 2.07. The lowest BCUT2D eigenvalue weighted by molar-refractivity contribution is 0.0503. The smallest absolute Gasteiger partial charge is 0.338 e. The molecule has 0 spiro atoms. The van der Waals surface area contributed by atoms with Gasteiger partial charge in [-0.3, -0.25) is 0 Å². The Morgan fingerprint density at radius 1 is 1.00 bits per heavy atom. The maximum Gasteiger partial charge on any atom is 0.338 e. The molecule has 4 heteroatoms. The molecule has 0 aliphatic heterocycles. The Labute approximate surface area is 109 Å². The van der Waals surface area contributed by atoms with Crippen LogP contribution in [0.2, 0.25) is 0 Å². The Bertz CT molecular complexity index is 368. The fourth-order valence-corrected chi connectivity index (χ4v) is 1.14. The lowest BCUT2D eigenvalue weighted by Crippen LogP contribution is -2.07. The number of carbonyl (C=O) groups is 2. The van der Waals surface area contributed by atoms with Crippen molar-refractivity contribution in [2.24, 2.45) is 0 Å². The molecule has 0 heterocycles. The third-order valence-corrected chi connectivity index (χ3v) is 1.98. The highest BCUT2D eigenvalue weighted by Gasteiger charge is 2.09. The van der Waals surface area contributed by atoms with Crippen molar-refractivity contribution in [2.45, 2.75) is 28.2 Å². The molecule has 1 aromatic rings. The predicted molar refractivity (Wildman–Crippen MR) is 71.8 cm³/mol. The molecule has 0 amide bonds. The van der Waals surface area contributed by atoms with Gasteiger partial charge in [-0.05, 0) is 30.7 Å². The maximum absolute atomic E-state index is 11.4. The molecule has 0 radical (unpaired) electrons. The number of hydrogen-bond acceptors (Lipinski definition) is 4. The van der Waals surface area contributed by atoms with E-state index in [2.05, 4.69) is 4.74 Å². The van der Waals surface area contributed by atoms with Crippen LogP contribution in [0, 0.1) is 0 Å². The molecule has 0 aliphatic rings. The van der Waals surface area contributed by atoms with Crippen molar-refractivity contribution in [3.05, 3.63) is 35.4 Å². The zero-order valence-electron chi connectivity index (χ0n) is 9.36. The summed E-state index contributed by atoms with van der Waals surface area (Å²) in [6.07, 6.45) is 0.784. The summed E-state index contributed by atoms with van der Waals surface area (Å²) >= 11 is 0. The lowest BCUT2D eigenvalue weighted by atomic mass is 10.1. The predicted octanol–water partition coefficient (Wildman–Crippen LogP) is 3.31. The molecule has 0 unspecified atom stereocenters. The topological polar surface area (TPSA) is 52.6 Å². The minimum absolute atomic E-state index is 0. The summed E-state index contributed by atoms with van der Waals surface area (Å²) in [5, 5.41) is 0. The van der Waals surface area contributed by atoms with Gasteiger partial charge in [0.2, 0.25) is 0 Å². The monoisotopic (exact) mass is 254 g/mol. The minimum Gasteiger partial charge on any atom is -0.465 e. The summed E-state index contributed by atoms with van der Waals surface area (Å²) in [6, 6.07) is 6.16. The van der Waals surface area contributed by atoms with E-state index in [9.17, 15) is 9.59 Å². The first-order chi connectivity index (χ1) is 7.69. The standard InChI is InChI=1S/C12H14O4.2CH4/c1-3-8-16-12(14)10-6-4-9(5-7-10)11(13)15-2;;/h4-7H,3,8H2,1-2H3;2*1H4. The van der Waals surface area contributed by atoms with Crippen LogP contribution in [-0.4, -0.2) is 25.7 Å². The van der Waals surface area contributed by atoms with Gasteiger partial charge in [-0.2, -0.15) is 0 Å². The second-order valence-corrected chi connectivity index (χ2v) is 3.20. The van der Waals surface area contributed by atoms with Crippen molar-refractivity contribution >= 4 is 11.9 Å². The van der Waals surface area contributed by atoms with Crippen LogP contribution in [0.5, 0.6) is 0 Å². The van der Waals surface area contributed by atoms with Gasteiger partial charge in [0.05, 0.1) is 24.8 Å². The first kappa shape index (κ1) is 18.5. The quantitative estimate of drug-likeness (QED) is 0.773. The van der Waals surface area contributed by atoms with E-state index in [1.54, 1.807) is 12.1 Å². The van der Waals surface area contributed by atoms with Crippen LogP contribution in [0.1, 0.15) is 48.9 Å². The Balaban J connectivity index is 0. The van der Waals surface area contributed by atoms with Gasteiger partial charge in [0, 0.05) is 0 Å². The molecule has 0 bridgehead atoms. The average molecular weight is 254 g/mol. The number of esters is 2. The van der Waals surface area contributed by atoms with Crippen molar-refractivity contribution in [2.75, 3.05) is 13.7 Å². The van der Waals surface area contributed by atoms with Gasteiger partial charge in [-0.15, -0.1) is 0 Å². The zero-order chi connectivity index (χ0) is 12.0. The van der Waals surface area contributed by atoms with Crippen LogP contribution in [0.25, 0.3) is 0 Å². The number of ether oxygens (including phenoxy) is 2. The summed E-state index contributed by atoms with van der Waals surface area (Å²) in [5.41, 5.74) is 0.843. The van der Waals surface area contributed by atoms with E-state index in [1.165, 1.54) is 19.2 Å². The fourth-order valence-electron chi connectivity index (χ4n) is 1.14. The molecule has 1 rings (SSSR count). The largest absolute Gasteiger partial charge is 0.465 e. The molecule has 0 N–H and O–H groups in total. The van der Waals surface area contributed by atoms with Gasteiger partial charge in [0.1, 0.15) is 0 Å². The third kappa shape index (κ3) is 4.99. The van der Waals surface area contributed by atoms with E-state index in [4.69, 9.17) is 4.74 Å². The summed E-state index contributed by atoms with van der Waals surface area (Å²) in [7, 11) is 1.31. The lowest BCUT2D eigenvalue weighted by Gasteiger charge is -2.03. The summed E-state index contributed by atoms with van der Waals surface area (Å²) < 4.78 is 9.50. The summed E-state index contributed by atoms with van der Waals surface area (Å²) in [5.74, 6) is -0.799. The van der Waals surface area contributed by atoms with Crippen LogP contribution in [0.3, 0.4) is 0 Å². The maximum atomic E-state index is 11.4. The molecule has 0 aliphatic carbocycles. The van der Waals surface area contributed by atoms with Crippen molar-refractivity contribution in [1.29, 1.82) is 0 Å². The number of benzene rings is 1. The third-order valence-electron chi connectivity index (χ3n) is 1.98. The molecule has 0 saturated heterocycles. The highest BCUT2D eigenvalue weighted by atomic mass is 16.5. The molecular weight excluding hydrogens is 232 g/mol. The SMILES string of the molecule is C.C.CCCOC(=O)c1ccc(C(=O)OC)cc1. The average Bonchev–Trinajstić information content (AvgIpc) is 2.35. The molecule has 4 nitrogen and oxygen atoms in total. The molecule has 0 atom stereocenters. The highest BCUT2D eigenvalue weighted by molar-refractivity contribution is 5.93. The minimum atomic E-state index is -0.423. The molecule has 0 saturated carbocycles. The van der Waals surface area contributed by atoms with Gasteiger partial charge in [-0.1, -0.05) is 21.8 Å². The summed E-state index contributed by atoms with van der Waals surface area (Å²) in [4.78, 5) is 22.5. The van der Waals surface area contributed by atoms with Crippen molar-refractivity contribution < 1.29 is 19.1 Å². The van der Waals surface area contributed by atoms with Gasteiger partial charge in [0.15, 0.2) is 0 Å². The van der Waals surface area contributed by atoms with Crippen LogP contribution in [0.15, 0.2) is 24.3 Å². The van der Waals surface area contributed by atoms with Gasteiger partial charge < -0.3 is 9.47 Å². The summed E-state index contributed by atoms with van der Waals surface area (Å²) in [6.45, 7) is 2.32. The van der Waals surface area contributed by atoms with E-state index in [0.717, 1.165) is 6.42 Å². The number of methoxy groups -OCH3 is 1. The first-order valence-electron chi connectivity index (χ1n) is 5.04. The van der Waals surface area contributed by atoms with E-state index in [-0.39, 0.29) is 20.8 Å². The Hall–Kier alpha value is -1.84. The number of rotatable bonds is 4. The van der Waals surface area contributed by atoms with E-state index in [0.29, 0.717) is 17.7 Å². The van der Waals surface area contributed by atoms with Gasteiger partial charge >= 0.3 is 11.9 Å². The van der Waals surface area contributed by atoms with Crippen molar-refractivity contribution in [3.63, 3.8) is 0 Å². The van der Waals surface area contributed by atoms with Crippen LogP contribution in [0.4, 0.5) is 0 Å². The van der Waals surface area contributed by atoms with Gasteiger partial charge in [-0.25, -0.2) is 9.59 Å². The zero-order valence-corrected chi connectivity index (χ0v) is 9.36. The second kappa shape index (κ2) is 9.22. The van der Waals surface area contributed by atoms with E-state index >= 15 is 0 Å². The molecule has 0 fully saturated rings. The molecule has 1 aromatic carbocycles. The Kier molecular flexibility index (Phi) is 9.48. The van der Waals surface area contributed by atoms with E-state index in [1.807, 2.05) is 6.92 Å². The number of carbonyl (C=O) groups excluding carboxylic acids is 2. The van der Waals surface area contributed by atoms with Gasteiger partial charge in [0.25, 0.3) is 0 Å². The first-order valence-corrected chi connectivity index (χ1v) is 5.04. The number of hydrogen-bond donors (Lipinski definition) is 0. The van der Waals surface area contributed by atoms with Crippen LogP contribution < -0.4 is 0 Å².